The molecule has 0 heterocycles. The maximum Gasteiger partial charge on any atom is 0.416 e. The van der Waals surface area contributed by atoms with Gasteiger partial charge >= 0.3 is 6.18 Å². The van der Waals surface area contributed by atoms with Gasteiger partial charge in [-0.15, -0.1) is 0 Å². The standard InChI is InChI=1S/C18H20F3N3O3S/c1-24(2)28(26,27)16-9-4-3-6-13(16)11-23-17(25)12-22-15-8-5-7-14(10-15)18(19,20)21/h3-10,22H,11-12H2,1-2H3,(H,23,25). The van der Waals surface area contributed by atoms with Crippen molar-refractivity contribution in [3.05, 3.63) is 59.7 Å². The predicted molar refractivity (Wildman–Crippen MR) is 99.1 cm³/mol. The molecule has 0 saturated heterocycles. The highest BCUT2D eigenvalue weighted by atomic mass is 32.2. The molecular weight excluding hydrogens is 395 g/mol. The Morgan fingerprint density at radius 3 is 2.39 bits per heavy atom. The first kappa shape index (κ1) is 21.7. The molecule has 2 rings (SSSR count). The molecule has 10 heteroatoms. The van der Waals surface area contributed by atoms with Gasteiger partial charge in [-0.1, -0.05) is 24.3 Å². The number of nitrogens with one attached hydrogen (secondary N) is 2. The number of anilines is 1. The Labute approximate surface area is 161 Å². The van der Waals surface area contributed by atoms with E-state index in [0.717, 1.165) is 16.4 Å². The molecule has 152 valence electrons. The summed E-state index contributed by atoms with van der Waals surface area (Å²) in [7, 11) is -0.857. The van der Waals surface area contributed by atoms with Crippen LogP contribution in [-0.4, -0.2) is 39.3 Å². The summed E-state index contributed by atoms with van der Waals surface area (Å²) in [6, 6.07) is 10.8. The number of nitrogens with zero attached hydrogens (tertiary/aromatic N) is 1. The fourth-order valence-electron chi connectivity index (χ4n) is 2.34. The monoisotopic (exact) mass is 415 g/mol. The molecular formula is C18H20F3N3O3S. The third-order valence-corrected chi connectivity index (χ3v) is 5.77. The Kier molecular flexibility index (Phi) is 6.68. The van der Waals surface area contributed by atoms with Crippen LogP contribution in [-0.2, 0) is 27.5 Å². The molecule has 0 aliphatic carbocycles. The van der Waals surface area contributed by atoms with Crippen LogP contribution in [0.5, 0.6) is 0 Å². The number of carbonyl (C=O) groups excluding carboxylic acids is 1. The summed E-state index contributed by atoms with van der Waals surface area (Å²) in [6.45, 7) is -0.295. The minimum absolute atomic E-state index is 0.0354. The summed E-state index contributed by atoms with van der Waals surface area (Å²) in [5, 5.41) is 5.18. The summed E-state index contributed by atoms with van der Waals surface area (Å²) in [4.78, 5) is 12.1. The van der Waals surface area contributed by atoms with Crippen LogP contribution in [0, 0.1) is 0 Å². The second kappa shape index (κ2) is 8.61. The lowest BCUT2D eigenvalue weighted by molar-refractivity contribution is -0.137. The molecule has 0 spiro atoms. The molecule has 0 aliphatic rings. The summed E-state index contributed by atoms with van der Waals surface area (Å²) in [5.74, 6) is -0.491. The quantitative estimate of drug-likeness (QED) is 0.729. The first-order chi connectivity index (χ1) is 13.0. The van der Waals surface area contributed by atoms with E-state index in [4.69, 9.17) is 0 Å². The van der Waals surface area contributed by atoms with Gasteiger partial charge in [0.05, 0.1) is 17.0 Å². The number of hydrogen-bond acceptors (Lipinski definition) is 4. The van der Waals surface area contributed by atoms with E-state index in [9.17, 15) is 26.4 Å². The lowest BCUT2D eigenvalue weighted by Crippen LogP contribution is -2.30. The molecule has 0 saturated carbocycles. The predicted octanol–water partition coefficient (Wildman–Crippen LogP) is 2.68. The Balaban J connectivity index is 1.99. The van der Waals surface area contributed by atoms with Crippen molar-refractivity contribution in [3.8, 4) is 0 Å². The van der Waals surface area contributed by atoms with Crippen LogP contribution in [0.25, 0.3) is 0 Å². The molecule has 1 amide bonds. The maximum atomic E-state index is 12.7. The van der Waals surface area contributed by atoms with E-state index in [-0.39, 0.29) is 23.7 Å². The van der Waals surface area contributed by atoms with Crippen molar-refractivity contribution in [1.29, 1.82) is 0 Å². The summed E-state index contributed by atoms with van der Waals surface area (Å²) >= 11 is 0. The van der Waals surface area contributed by atoms with Gasteiger partial charge in [-0.2, -0.15) is 13.2 Å². The minimum Gasteiger partial charge on any atom is -0.376 e. The van der Waals surface area contributed by atoms with Crippen LogP contribution in [0.15, 0.2) is 53.4 Å². The van der Waals surface area contributed by atoms with Crippen LogP contribution in [0.3, 0.4) is 0 Å². The number of hydrogen-bond donors (Lipinski definition) is 2. The zero-order valence-electron chi connectivity index (χ0n) is 15.2. The molecule has 28 heavy (non-hydrogen) atoms. The van der Waals surface area contributed by atoms with E-state index < -0.39 is 27.7 Å². The van der Waals surface area contributed by atoms with Crippen LogP contribution < -0.4 is 10.6 Å². The normalized spacial score (nSPS) is 12.1. The van der Waals surface area contributed by atoms with Gasteiger partial charge in [-0.25, -0.2) is 12.7 Å². The van der Waals surface area contributed by atoms with E-state index in [1.54, 1.807) is 18.2 Å². The summed E-state index contributed by atoms with van der Waals surface area (Å²) in [5.41, 5.74) is -0.259. The SMILES string of the molecule is CN(C)S(=O)(=O)c1ccccc1CNC(=O)CNc1cccc(C(F)(F)F)c1. The van der Waals surface area contributed by atoms with Crippen LogP contribution in [0.2, 0.25) is 0 Å². The number of benzene rings is 2. The Hall–Kier alpha value is -2.59. The van der Waals surface area contributed by atoms with Gasteiger partial charge in [0.1, 0.15) is 0 Å². The molecule has 0 atom stereocenters. The molecule has 0 aliphatic heterocycles. The third kappa shape index (κ3) is 5.46. The van der Waals surface area contributed by atoms with Crippen LogP contribution in [0.1, 0.15) is 11.1 Å². The van der Waals surface area contributed by atoms with Crippen molar-refractivity contribution < 1.29 is 26.4 Å². The minimum atomic E-state index is -4.47. The molecule has 2 aromatic rings. The average Bonchev–Trinajstić information content (AvgIpc) is 2.64. The van der Waals surface area contributed by atoms with E-state index in [1.807, 2.05) is 0 Å². The molecule has 2 aromatic carbocycles. The van der Waals surface area contributed by atoms with Crippen molar-refractivity contribution >= 4 is 21.6 Å². The fraction of sp³-hybridized carbons (Fsp3) is 0.278. The molecule has 0 aromatic heterocycles. The molecule has 2 N–H and O–H groups in total. The van der Waals surface area contributed by atoms with Crippen molar-refractivity contribution in [2.45, 2.75) is 17.6 Å². The van der Waals surface area contributed by atoms with Crippen LogP contribution in [0.4, 0.5) is 18.9 Å². The lowest BCUT2D eigenvalue weighted by Gasteiger charge is -2.15. The van der Waals surface area contributed by atoms with E-state index >= 15 is 0 Å². The van der Waals surface area contributed by atoms with Gasteiger partial charge in [0.2, 0.25) is 15.9 Å². The summed E-state index contributed by atoms with van der Waals surface area (Å²) in [6.07, 6.45) is -4.47. The number of amides is 1. The first-order valence-electron chi connectivity index (χ1n) is 8.20. The van der Waals surface area contributed by atoms with Crippen molar-refractivity contribution in [2.75, 3.05) is 26.0 Å². The van der Waals surface area contributed by atoms with Gasteiger partial charge in [0.25, 0.3) is 0 Å². The van der Waals surface area contributed by atoms with Gasteiger partial charge in [-0.3, -0.25) is 4.79 Å². The average molecular weight is 415 g/mol. The van der Waals surface area contributed by atoms with Crippen molar-refractivity contribution in [3.63, 3.8) is 0 Å². The highest BCUT2D eigenvalue weighted by Gasteiger charge is 2.30. The largest absolute Gasteiger partial charge is 0.416 e. The molecule has 6 nitrogen and oxygen atoms in total. The molecule has 0 radical (unpaired) electrons. The topological polar surface area (TPSA) is 78.5 Å². The highest BCUT2D eigenvalue weighted by Crippen LogP contribution is 2.30. The molecule has 0 unspecified atom stereocenters. The van der Waals surface area contributed by atoms with Gasteiger partial charge in [0.15, 0.2) is 0 Å². The maximum absolute atomic E-state index is 12.7. The van der Waals surface area contributed by atoms with Crippen LogP contribution >= 0.6 is 0 Å². The van der Waals surface area contributed by atoms with E-state index in [0.29, 0.717) is 5.56 Å². The number of carbonyl (C=O) groups is 1. The van der Waals surface area contributed by atoms with Gasteiger partial charge in [0, 0.05) is 26.3 Å². The third-order valence-electron chi connectivity index (χ3n) is 3.85. The number of alkyl halides is 3. The van der Waals surface area contributed by atoms with E-state index in [1.165, 1.54) is 32.3 Å². The number of sulfonamides is 1. The van der Waals surface area contributed by atoms with Crippen molar-refractivity contribution in [1.82, 2.24) is 9.62 Å². The zero-order valence-corrected chi connectivity index (χ0v) is 16.1. The fourth-order valence-corrected chi connectivity index (χ4v) is 3.46. The highest BCUT2D eigenvalue weighted by molar-refractivity contribution is 7.89. The Morgan fingerprint density at radius 2 is 1.75 bits per heavy atom. The molecule has 0 fully saturated rings. The van der Waals surface area contributed by atoms with Crippen molar-refractivity contribution in [2.24, 2.45) is 0 Å². The number of rotatable bonds is 7. The second-order valence-electron chi connectivity index (χ2n) is 6.10. The van der Waals surface area contributed by atoms with Gasteiger partial charge in [-0.05, 0) is 29.8 Å². The zero-order chi connectivity index (χ0) is 20.9. The Bertz CT molecular complexity index is 944. The first-order valence-corrected chi connectivity index (χ1v) is 9.64. The number of halogens is 3. The summed E-state index contributed by atoms with van der Waals surface area (Å²) < 4.78 is 63.9. The smallest absolute Gasteiger partial charge is 0.376 e. The Morgan fingerprint density at radius 1 is 1.07 bits per heavy atom. The molecule has 0 bridgehead atoms. The lowest BCUT2D eigenvalue weighted by atomic mass is 10.2. The van der Waals surface area contributed by atoms with E-state index in [2.05, 4.69) is 10.6 Å². The second-order valence-corrected chi connectivity index (χ2v) is 8.22. The van der Waals surface area contributed by atoms with Gasteiger partial charge < -0.3 is 10.6 Å².